The molecule has 2 aliphatic rings. The fourth-order valence-corrected chi connectivity index (χ4v) is 5.87. The number of rotatable bonds is 9. The van der Waals surface area contributed by atoms with Gasteiger partial charge < -0.3 is 4.74 Å². The second-order valence-electron chi connectivity index (χ2n) is 10.9. The number of methoxy groups -OCH3 is 1. The molecule has 2 aliphatic carbocycles. The van der Waals surface area contributed by atoms with E-state index in [1.54, 1.807) is 0 Å². The predicted octanol–water partition coefficient (Wildman–Crippen LogP) is 10.2. The maximum atomic E-state index is 13.5. The monoisotopic (exact) mass is 540 g/mol. The van der Waals surface area contributed by atoms with Crippen LogP contribution in [0.25, 0.3) is 0 Å². The molecule has 0 atom stereocenters. The molecular formula is C32H45F5O. The Bertz CT molecular complexity index is 893. The molecule has 0 aromatic heterocycles. The van der Waals surface area contributed by atoms with Gasteiger partial charge in [-0.1, -0.05) is 44.0 Å². The second kappa shape index (κ2) is 16.8. The minimum atomic E-state index is -0.765. The van der Waals surface area contributed by atoms with Crippen LogP contribution in [0.5, 0.6) is 5.75 Å². The van der Waals surface area contributed by atoms with Crippen LogP contribution in [0.2, 0.25) is 0 Å². The van der Waals surface area contributed by atoms with Crippen LogP contribution in [0, 0.1) is 17.6 Å². The molecule has 214 valence electrons. The van der Waals surface area contributed by atoms with Gasteiger partial charge in [0.15, 0.2) is 17.4 Å². The van der Waals surface area contributed by atoms with Gasteiger partial charge in [-0.2, -0.15) is 0 Å². The lowest BCUT2D eigenvalue weighted by Crippen LogP contribution is -2.14. The molecule has 1 nitrogen and oxygen atoms in total. The average molecular weight is 541 g/mol. The average Bonchev–Trinajstić information content (AvgIpc) is 2.91. The van der Waals surface area contributed by atoms with E-state index in [0.29, 0.717) is 37.2 Å². The summed E-state index contributed by atoms with van der Waals surface area (Å²) in [6.45, 7) is 2.12. The summed E-state index contributed by atoms with van der Waals surface area (Å²) in [6, 6.07) is 11.9. The van der Waals surface area contributed by atoms with E-state index in [-0.39, 0.29) is 23.0 Å². The third-order valence-electron chi connectivity index (χ3n) is 8.24. The summed E-state index contributed by atoms with van der Waals surface area (Å²) >= 11 is 0. The van der Waals surface area contributed by atoms with Crippen LogP contribution in [0.15, 0.2) is 36.4 Å². The number of unbranched alkanes of at least 4 members (excludes halogenated alkanes) is 2. The summed E-state index contributed by atoms with van der Waals surface area (Å²) < 4.78 is 57.0. The molecule has 2 saturated carbocycles. The van der Waals surface area contributed by atoms with Crippen LogP contribution < -0.4 is 4.74 Å². The quantitative estimate of drug-likeness (QED) is 0.227. The lowest BCUT2D eigenvalue weighted by Gasteiger charge is -2.28. The Hall–Kier alpha value is -2.11. The Morgan fingerprint density at radius 1 is 0.789 bits per heavy atom. The van der Waals surface area contributed by atoms with Gasteiger partial charge in [0.2, 0.25) is 0 Å². The molecule has 0 amide bonds. The van der Waals surface area contributed by atoms with Gasteiger partial charge in [0.1, 0.15) is 6.17 Å². The summed E-state index contributed by atoms with van der Waals surface area (Å²) in [6.07, 6.45) is 12.3. The zero-order valence-corrected chi connectivity index (χ0v) is 23.0. The van der Waals surface area contributed by atoms with E-state index in [2.05, 4.69) is 35.9 Å². The molecule has 0 N–H and O–H groups in total. The van der Waals surface area contributed by atoms with Gasteiger partial charge in [-0.3, -0.25) is 9.09 Å². The van der Waals surface area contributed by atoms with Crippen LogP contribution in [-0.2, 0) is 6.42 Å². The van der Waals surface area contributed by atoms with Gasteiger partial charge >= 0.3 is 0 Å². The number of benzene rings is 2. The zero-order valence-electron chi connectivity index (χ0n) is 23.0. The van der Waals surface area contributed by atoms with Gasteiger partial charge in [0, 0.05) is 0 Å². The second-order valence-corrected chi connectivity index (χ2v) is 10.9. The number of hydrogen-bond donors (Lipinski definition) is 0. The van der Waals surface area contributed by atoms with E-state index in [9.17, 15) is 17.6 Å². The van der Waals surface area contributed by atoms with Crippen LogP contribution in [-0.4, -0.2) is 20.0 Å². The van der Waals surface area contributed by atoms with Crippen molar-refractivity contribution in [2.24, 2.45) is 5.92 Å². The molecule has 6 heteroatoms. The molecule has 0 radical (unpaired) electrons. The molecule has 2 aromatic carbocycles. The first-order valence-electron chi connectivity index (χ1n) is 14.3. The van der Waals surface area contributed by atoms with Crippen LogP contribution in [0.1, 0.15) is 112 Å². The Balaban J connectivity index is 0.000000263. The molecule has 0 unspecified atom stereocenters. The van der Waals surface area contributed by atoms with E-state index in [1.165, 1.54) is 81.7 Å². The first-order chi connectivity index (χ1) is 17.9. The first-order valence-corrected chi connectivity index (χ1v) is 14.3. The molecule has 2 fully saturated rings. The largest absolute Gasteiger partial charge is 0.491 e. The highest BCUT2D eigenvalue weighted by molar-refractivity contribution is 5.33. The zero-order chi connectivity index (χ0) is 26.6. The molecule has 0 aliphatic heterocycles. The van der Waals surface area contributed by atoms with Crippen molar-refractivity contribution < 1.29 is 27.0 Å². The predicted molar refractivity (Wildman–Crippen MR) is 146 cm³/mol. The van der Waals surface area contributed by atoms with Gasteiger partial charge in [0.05, 0.1) is 13.8 Å². The van der Waals surface area contributed by atoms with Crippen molar-refractivity contribution in [2.75, 3.05) is 13.8 Å². The van der Waals surface area contributed by atoms with Crippen LogP contribution in [0.3, 0.4) is 0 Å². The van der Waals surface area contributed by atoms with Crippen molar-refractivity contribution in [3.8, 4) is 5.75 Å². The molecule has 38 heavy (non-hydrogen) atoms. The molecule has 0 spiro atoms. The fourth-order valence-electron chi connectivity index (χ4n) is 5.87. The highest BCUT2D eigenvalue weighted by Gasteiger charge is 2.24. The molecular weight excluding hydrogens is 495 g/mol. The van der Waals surface area contributed by atoms with Gasteiger partial charge in [-0.05, 0) is 117 Å². The third-order valence-corrected chi connectivity index (χ3v) is 8.24. The van der Waals surface area contributed by atoms with Crippen molar-refractivity contribution in [3.05, 3.63) is 64.7 Å². The highest BCUT2D eigenvalue weighted by Crippen LogP contribution is 2.38. The molecule has 2 aromatic rings. The summed E-state index contributed by atoms with van der Waals surface area (Å²) in [5.74, 6) is -0.320. The van der Waals surface area contributed by atoms with E-state index >= 15 is 0 Å². The summed E-state index contributed by atoms with van der Waals surface area (Å²) in [5, 5.41) is 0. The van der Waals surface area contributed by atoms with Crippen molar-refractivity contribution >= 4 is 0 Å². The van der Waals surface area contributed by atoms with E-state index in [4.69, 9.17) is 0 Å². The normalized spacial score (nSPS) is 23.1. The Labute approximate surface area is 225 Å². The van der Waals surface area contributed by atoms with E-state index in [0.717, 1.165) is 12.3 Å². The van der Waals surface area contributed by atoms with E-state index in [1.807, 2.05) is 0 Å². The Kier molecular flexibility index (Phi) is 14.2. The van der Waals surface area contributed by atoms with Crippen molar-refractivity contribution in [1.29, 1.82) is 0 Å². The van der Waals surface area contributed by atoms with Gasteiger partial charge in [0.25, 0.3) is 0 Å². The lowest BCUT2D eigenvalue weighted by atomic mass is 9.77. The lowest BCUT2D eigenvalue weighted by molar-refractivity contribution is 0.235. The number of aryl methyl sites for hydroxylation is 1. The molecule has 0 bridgehead atoms. The molecule has 0 saturated heterocycles. The Morgan fingerprint density at radius 2 is 1.34 bits per heavy atom. The number of alkyl halides is 2. The number of hydrogen-bond acceptors (Lipinski definition) is 1. The minimum absolute atomic E-state index is 0. The highest BCUT2D eigenvalue weighted by atomic mass is 19.1. The summed E-state index contributed by atoms with van der Waals surface area (Å²) in [7, 11) is 1.23. The fraction of sp³-hybridized carbons (Fsp3) is 0.625. The van der Waals surface area contributed by atoms with Crippen LogP contribution in [0.4, 0.5) is 22.3 Å². The van der Waals surface area contributed by atoms with Crippen LogP contribution >= 0.6 is 0 Å². The van der Waals surface area contributed by atoms with Gasteiger partial charge in [-0.25, -0.2) is 13.2 Å². The summed E-state index contributed by atoms with van der Waals surface area (Å²) in [4.78, 5) is 0. The topological polar surface area (TPSA) is 9.23 Å². The molecule has 0 heterocycles. The molecule has 4 rings (SSSR count). The van der Waals surface area contributed by atoms with Crippen molar-refractivity contribution in [1.82, 2.24) is 0 Å². The maximum Gasteiger partial charge on any atom is 0.190 e. The minimum Gasteiger partial charge on any atom is -0.491 e. The Morgan fingerprint density at radius 3 is 1.87 bits per heavy atom. The van der Waals surface area contributed by atoms with Crippen molar-refractivity contribution in [3.63, 3.8) is 0 Å². The summed E-state index contributed by atoms with van der Waals surface area (Å²) in [5.41, 5.74) is 3.59. The van der Waals surface area contributed by atoms with Crippen molar-refractivity contribution in [2.45, 2.75) is 108 Å². The SMILES string of the molecule is CCCCCc1ccc(C2CCC(CCF)CC2)cc1.COc1c(F)cc(C2CCC(F)CC2)cc1F.F. The van der Waals surface area contributed by atoms with E-state index < -0.39 is 17.8 Å². The smallest absolute Gasteiger partial charge is 0.190 e. The standard InChI is InChI=1S/C19H29F.C13H15F3O.FH/c1-2-3-4-5-16-6-10-18(11-7-16)19-12-8-17(9-13-19)14-15-20;1-17-13-11(15)6-9(7-12(13)16)8-2-4-10(14)5-3-8;/h6-7,10-11,17,19H,2-5,8-9,12-15H2,1H3;6-8,10H,2-5H2,1H3;1H. The third kappa shape index (κ3) is 9.57. The van der Waals surface area contributed by atoms with Gasteiger partial charge in [-0.15, -0.1) is 0 Å². The first kappa shape index (κ1) is 32.1. The number of ether oxygens (including phenoxy) is 1. The maximum absolute atomic E-state index is 13.5. The number of halogens is 5.